The topological polar surface area (TPSA) is 72.1 Å². The summed E-state index contributed by atoms with van der Waals surface area (Å²) in [7, 11) is 0. The van der Waals surface area contributed by atoms with Gasteiger partial charge in [0.1, 0.15) is 11.5 Å². The third-order valence-corrected chi connectivity index (χ3v) is 5.24. The van der Waals surface area contributed by atoms with Gasteiger partial charge >= 0.3 is 0 Å². The molecule has 5 nitrogen and oxygen atoms in total. The van der Waals surface area contributed by atoms with E-state index >= 15 is 0 Å². The van der Waals surface area contributed by atoms with E-state index in [-0.39, 0.29) is 5.69 Å². The maximum Gasteiger partial charge on any atom is 0.268 e. The molecule has 1 aromatic carbocycles. The molecule has 2 N–H and O–H groups in total. The Bertz CT molecular complexity index is 726. The Hall–Kier alpha value is -1.95. The van der Waals surface area contributed by atoms with Crippen LogP contribution in [0.5, 0.6) is 0 Å². The number of benzene rings is 1. The maximum absolute atomic E-state index is 11.2. The monoisotopic (exact) mass is 374 g/mol. The highest BCUT2D eigenvalue weighted by atomic mass is 79.9. The molecule has 0 saturated carbocycles. The average molecular weight is 375 g/mol. The number of hydrogen-bond acceptors (Lipinski definition) is 4. The molecular formula is C17H19BrN4O. The summed E-state index contributed by atoms with van der Waals surface area (Å²) >= 11 is 3.55. The Morgan fingerprint density at radius 2 is 2.04 bits per heavy atom. The Balaban J connectivity index is 1.69. The number of primary amides is 1. The first-order valence-electron chi connectivity index (χ1n) is 7.67. The number of aromatic nitrogens is 2. The number of amides is 1. The number of carbonyl (C=O) groups excluding carboxylic acids is 1. The lowest BCUT2D eigenvalue weighted by molar-refractivity contribution is 0.0995. The van der Waals surface area contributed by atoms with Crippen LogP contribution in [-0.4, -0.2) is 29.0 Å². The summed E-state index contributed by atoms with van der Waals surface area (Å²) in [5, 5.41) is 0. The number of aryl methyl sites for hydroxylation is 1. The molecule has 1 fully saturated rings. The SMILES string of the molecule is Cc1cc(C2CCN(c3cncc(C(N)=O)n3)CC2)ccc1Br. The van der Waals surface area contributed by atoms with Crippen molar-refractivity contribution in [1.29, 1.82) is 0 Å². The molecule has 3 rings (SSSR count). The lowest BCUT2D eigenvalue weighted by atomic mass is 9.89. The summed E-state index contributed by atoms with van der Waals surface area (Å²) in [6.45, 7) is 3.92. The van der Waals surface area contributed by atoms with E-state index in [4.69, 9.17) is 5.73 Å². The van der Waals surface area contributed by atoms with Crippen molar-refractivity contribution >= 4 is 27.7 Å². The quantitative estimate of drug-likeness (QED) is 0.895. The molecule has 1 saturated heterocycles. The van der Waals surface area contributed by atoms with Gasteiger partial charge in [0.15, 0.2) is 0 Å². The first-order chi connectivity index (χ1) is 11.0. The van der Waals surface area contributed by atoms with Gasteiger partial charge in [-0.05, 0) is 42.9 Å². The second kappa shape index (κ2) is 6.66. The van der Waals surface area contributed by atoms with Crippen molar-refractivity contribution in [2.45, 2.75) is 25.7 Å². The number of carbonyl (C=O) groups is 1. The molecule has 1 amide bonds. The zero-order valence-corrected chi connectivity index (χ0v) is 14.6. The van der Waals surface area contributed by atoms with Crippen molar-refractivity contribution in [2.24, 2.45) is 5.73 Å². The standard InChI is InChI=1S/C17H19BrN4O/c1-11-8-13(2-3-14(11)18)12-4-6-22(7-5-12)16-10-20-9-15(21-16)17(19)23/h2-3,8-10,12H,4-7H2,1H3,(H2,19,23). The van der Waals surface area contributed by atoms with Gasteiger partial charge < -0.3 is 10.6 Å². The Morgan fingerprint density at radius 3 is 2.70 bits per heavy atom. The minimum Gasteiger partial charge on any atom is -0.364 e. The van der Waals surface area contributed by atoms with Gasteiger partial charge in [-0.15, -0.1) is 0 Å². The van der Waals surface area contributed by atoms with Crippen molar-refractivity contribution in [2.75, 3.05) is 18.0 Å². The summed E-state index contributed by atoms with van der Waals surface area (Å²) in [6, 6.07) is 6.59. The van der Waals surface area contributed by atoms with Crippen LogP contribution >= 0.6 is 15.9 Å². The second-order valence-electron chi connectivity index (χ2n) is 5.90. The van der Waals surface area contributed by atoms with Gasteiger partial charge in [-0.3, -0.25) is 9.78 Å². The third-order valence-electron chi connectivity index (χ3n) is 4.35. The number of anilines is 1. The van der Waals surface area contributed by atoms with Crippen LogP contribution in [0.15, 0.2) is 35.1 Å². The van der Waals surface area contributed by atoms with E-state index in [1.54, 1.807) is 6.20 Å². The fraction of sp³-hybridized carbons (Fsp3) is 0.353. The van der Waals surface area contributed by atoms with Gasteiger partial charge in [0, 0.05) is 17.6 Å². The van der Waals surface area contributed by atoms with Crippen molar-refractivity contribution < 1.29 is 4.79 Å². The van der Waals surface area contributed by atoms with Gasteiger partial charge in [-0.1, -0.05) is 28.1 Å². The number of nitrogens with zero attached hydrogens (tertiary/aromatic N) is 3. The molecule has 0 aliphatic carbocycles. The predicted octanol–water partition coefficient (Wildman–Crippen LogP) is 3.03. The third kappa shape index (κ3) is 3.52. The van der Waals surface area contributed by atoms with Gasteiger partial charge in [-0.25, -0.2) is 4.98 Å². The van der Waals surface area contributed by atoms with Crippen LogP contribution in [0.1, 0.15) is 40.4 Å². The van der Waals surface area contributed by atoms with E-state index < -0.39 is 5.91 Å². The second-order valence-corrected chi connectivity index (χ2v) is 6.75. The first-order valence-corrected chi connectivity index (χ1v) is 8.47. The average Bonchev–Trinajstić information content (AvgIpc) is 2.57. The van der Waals surface area contributed by atoms with E-state index in [0.29, 0.717) is 5.92 Å². The van der Waals surface area contributed by atoms with Crippen molar-refractivity contribution in [3.63, 3.8) is 0 Å². The maximum atomic E-state index is 11.2. The molecule has 1 aliphatic rings. The molecule has 0 atom stereocenters. The van der Waals surface area contributed by atoms with Crippen LogP contribution < -0.4 is 10.6 Å². The normalized spacial score (nSPS) is 15.7. The van der Waals surface area contributed by atoms with E-state index in [1.165, 1.54) is 17.3 Å². The van der Waals surface area contributed by atoms with Gasteiger partial charge in [0.2, 0.25) is 0 Å². The largest absolute Gasteiger partial charge is 0.364 e. The zero-order chi connectivity index (χ0) is 16.4. The van der Waals surface area contributed by atoms with Crippen LogP contribution in [0.4, 0.5) is 5.82 Å². The molecular weight excluding hydrogens is 356 g/mol. The summed E-state index contributed by atoms with van der Waals surface area (Å²) in [5.41, 5.74) is 8.15. The molecule has 2 aromatic rings. The molecule has 23 heavy (non-hydrogen) atoms. The fourth-order valence-electron chi connectivity index (χ4n) is 2.99. The Kier molecular flexibility index (Phi) is 4.61. The predicted molar refractivity (Wildman–Crippen MR) is 93.6 cm³/mol. The lowest BCUT2D eigenvalue weighted by Gasteiger charge is -2.33. The zero-order valence-electron chi connectivity index (χ0n) is 13.0. The van der Waals surface area contributed by atoms with Crippen LogP contribution in [-0.2, 0) is 0 Å². The summed E-state index contributed by atoms with van der Waals surface area (Å²) in [4.78, 5) is 21.8. The molecule has 1 aromatic heterocycles. The van der Waals surface area contributed by atoms with Crippen molar-refractivity contribution in [3.8, 4) is 0 Å². The molecule has 6 heteroatoms. The molecule has 1 aliphatic heterocycles. The number of halogens is 1. The van der Waals surface area contributed by atoms with E-state index in [9.17, 15) is 4.79 Å². The summed E-state index contributed by atoms with van der Waals surface area (Å²) in [6.07, 6.45) is 5.22. The Labute approximate surface area is 144 Å². The van der Waals surface area contributed by atoms with Gasteiger partial charge in [0.25, 0.3) is 5.91 Å². The van der Waals surface area contributed by atoms with E-state index in [0.717, 1.165) is 36.2 Å². The highest BCUT2D eigenvalue weighted by Gasteiger charge is 2.22. The fourth-order valence-corrected chi connectivity index (χ4v) is 3.24. The first kappa shape index (κ1) is 15.9. The van der Waals surface area contributed by atoms with E-state index in [1.807, 2.05) is 0 Å². The van der Waals surface area contributed by atoms with Crippen molar-refractivity contribution in [1.82, 2.24) is 9.97 Å². The smallest absolute Gasteiger partial charge is 0.268 e. The molecule has 2 heterocycles. The number of nitrogens with two attached hydrogens (primary N) is 1. The van der Waals surface area contributed by atoms with Crippen LogP contribution in [0.3, 0.4) is 0 Å². The highest BCUT2D eigenvalue weighted by Crippen LogP contribution is 2.31. The summed E-state index contributed by atoms with van der Waals surface area (Å²) in [5.74, 6) is 0.747. The van der Waals surface area contributed by atoms with E-state index in [2.05, 4.69) is 55.9 Å². The number of piperidine rings is 1. The van der Waals surface area contributed by atoms with Gasteiger partial charge in [-0.2, -0.15) is 0 Å². The molecule has 0 unspecified atom stereocenters. The van der Waals surface area contributed by atoms with Crippen LogP contribution in [0, 0.1) is 6.92 Å². The number of rotatable bonds is 3. The van der Waals surface area contributed by atoms with Crippen LogP contribution in [0.25, 0.3) is 0 Å². The molecule has 0 bridgehead atoms. The minimum absolute atomic E-state index is 0.216. The minimum atomic E-state index is -0.542. The lowest BCUT2D eigenvalue weighted by Crippen LogP contribution is -2.34. The highest BCUT2D eigenvalue weighted by molar-refractivity contribution is 9.10. The van der Waals surface area contributed by atoms with Gasteiger partial charge in [0.05, 0.1) is 12.4 Å². The van der Waals surface area contributed by atoms with Crippen molar-refractivity contribution in [3.05, 3.63) is 51.9 Å². The molecule has 0 spiro atoms. The molecule has 120 valence electrons. The number of hydrogen-bond donors (Lipinski definition) is 1. The summed E-state index contributed by atoms with van der Waals surface area (Å²) < 4.78 is 1.15. The molecule has 0 radical (unpaired) electrons. The Morgan fingerprint density at radius 1 is 1.30 bits per heavy atom. The van der Waals surface area contributed by atoms with Crippen LogP contribution in [0.2, 0.25) is 0 Å².